The van der Waals surface area contributed by atoms with Crippen molar-refractivity contribution in [3.05, 3.63) is 0 Å². The van der Waals surface area contributed by atoms with Gasteiger partial charge in [-0.3, -0.25) is 9.59 Å². The Morgan fingerprint density at radius 2 is 1.90 bits per heavy atom. The summed E-state index contributed by atoms with van der Waals surface area (Å²) in [5, 5.41) is 15.4. The monoisotopic (exact) mass is 302 g/mol. The minimum Gasteiger partial charge on any atom is -0.388 e. The average Bonchev–Trinajstić information content (AvgIpc) is 2.79. The van der Waals surface area contributed by atoms with Crippen molar-refractivity contribution >= 4 is 11.8 Å². The third-order valence-electron chi connectivity index (χ3n) is 3.40. The summed E-state index contributed by atoms with van der Waals surface area (Å²) in [6.07, 6.45) is -2.85. The zero-order valence-electron chi connectivity index (χ0n) is 12.6. The molecule has 0 aromatic carbocycles. The summed E-state index contributed by atoms with van der Waals surface area (Å²) in [6.45, 7) is 6.27. The molecule has 3 N–H and O–H groups in total. The van der Waals surface area contributed by atoms with Crippen LogP contribution in [0.1, 0.15) is 27.7 Å². The highest BCUT2D eigenvalue weighted by molar-refractivity contribution is 5.73. The molecule has 120 valence electrons. The second-order valence-corrected chi connectivity index (χ2v) is 5.80. The van der Waals surface area contributed by atoms with E-state index in [1.54, 1.807) is 13.8 Å². The van der Waals surface area contributed by atoms with Crippen molar-refractivity contribution in [1.82, 2.24) is 10.6 Å². The summed E-state index contributed by atoms with van der Waals surface area (Å²) >= 11 is 0. The van der Waals surface area contributed by atoms with Gasteiger partial charge in [0.05, 0.1) is 12.1 Å². The Morgan fingerprint density at radius 3 is 2.48 bits per heavy atom. The molecule has 21 heavy (non-hydrogen) atoms. The van der Waals surface area contributed by atoms with Crippen molar-refractivity contribution in [3.8, 4) is 0 Å². The van der Waals surface area contributed by atoms with Crippen molar-refractivity contribution in [2.75, 3.05) is 6.54 Å². The Hall–Kier alpha value is -1.22. The molecule has 2 amide bonds. The standard InChI is InChI=1S/C13H22N2O6/c1-6(16)14-5-8(18)10-9(15-7(2)17)11-12(19-10)21-13(3,4)20-11/h8-12,18H,5H2,1-4H3,(H,14,16)(H,15,17)/t8-,9?,10?,11-,12-/m0/s1. The number of fused-ring (bicyclic) bond motifs is 1. The maximum absolute atomic E-state index is 11.4. The summed E-state index contributed by atoms with van der Waals surface area (Å²) in [7, 11) is 0. The molecular weight excluding hydrogens is 280 g/mol. The van der Waals surface area contributed by atoms with E-state index in [1.165, 1.54) is 13.8 Å². The van der Waals surface area contributed by atoms with Gasteiger partial charge < -0.3 is 30.0 Å². The lowest BCUT2D eigenvalue weighted by Crippen LogP contribution is -2.53. The van der Waals surface area contributed by atoms with Crippen LogP contribution in [0, 0.1) is 0 Å². The number of aliphatic hydroxyl groups is 1. The summed E-state index contributed by atoms with van der Waals surface area (Å²) in [6, 6.07) is -0.543. The van der Waals surface area contributed by atoms with E-state index in [1.807, 2.05) is 0 Å². The van der Waals surface area contributed by atoms with Crippen molar-refractivity contribution in [1.29, 1.82) is 0 Å². The lowest BCUT2D eigenvalue weighted by molar-refractivity contribution is -0.216. The second kappa shape index (κ2) is 5.88. The number of aliphatic hydroxyl groups excluding tert-OH is 1. The first-order chi connectivity index (χ1) is 9.69. The number of hydrogen-bond acceptors (Lipinski definition) is 6. The van der Waals surface area contributed by atoms with Crippen LogP contribution in [0.15, 0.2) is 0 Å². The SMILES string of the molecule is CC(=O)NC[C@H](O)C1O[C@H]2OC(C)(C)O[C@H]2C1NC(C)=O. The topological polar surface area (TPSA) is 106 Å². The maximum Gasteiger partial charge on any atom is 0.217 e. The minimum absolute atomic E-state index is 0.0267. The van der Waals surface area contributed by atoms with Crippen molar-refractivity contribution < 1.29 is 28.9 Å². The van der Waals surface area contributed by atoms with Crippen LogP contribution in [0.25, 0.3) is 0 Å². The van der Waals surface area contributed by atoms with Crippen molar-refractivity contribution in [2.24, 2.45) is 0 Å². The Morgan fingerprint density at radius 1 is 1.24 bits per heavy atom. The molecule has 2 fully saturated rings. The molecule has 0 spiro atoms. The number of nitrogens with one attached hydrogen (secondary N) is 2. The van der Waals surface area contributed by atoms with E-state index >= 15 is 0 Å². The zero-order valence-corrected chi connectivity index (χ0v) is 12.6. The predicted octanol–water partition coefficient (Wildman–Crippen LogP) is -1.14. The fourth-order valence-corrected chi connectivity index (χ4v) is 2.63. The summed E-state index contributed by atoms with van der Waals surface area (Å²) < 4.78 is 17.0. The number of hydrogen-bond donors (Lipinski definition) is 3. The van der Waals surface area contributed by atoms with Crippen LogP contribution in [0.2, 0.25) is 0 Å². The molecule has 0 aromatic rings. The first-order valence-electron chi connectivity index (χ1n) is 6.90. The summed E-state index contributed by atoms with van der Waals surface area (Å²) in [5.41, 5.74) is 0. The fraction of sp³-hybridized carbons (Fsp3) is 0.846. The third-order valence-corrected chi connectivity index (χ3v) is 3.40. The fourth-order valence-electron chi connectivity index (χ4n) is 2.63. The number of carbonyl (C=O) groups is 2. The Bertz CT molecular complexity index is 427. The largest absolute Gasteiger partial charge is 0.388 e. The van der Waals surface area contributed by atoms with Crippen LogP contribution in [0.4, 0.5) is 0 Å². The first-order valence-corrected chi connectivity index (χ1v) is 6.90. The quantitative estimate of drug-likeness (QED) is 0.606. The molecule has 8 heteroatoms. The Kier molecular flexibility index (Phi) is 4.52. The number of ether oxygens (including phenoxy) is 3. The highest BCUT2D eigenvalue weighted by atomic mass is 16.8. The maximum atomic E-state index is 11.4. The van der Waals surface area contributed by atoms with E-state index in [-0.39, 0.29) is 18.4 Å². The highest BCUT2D eigenvalue weighted by Crippen LogP contribution is 2.38. The normalized spacial score (nSPS) is 35.1. The zero-order chi connectivity index (χ0) is 15.8. The molecule has 0 radical (unpaired) electrons. The molecule has 2 aliphatic rings. The van der Waals surface area contributed by atoms with Gasteiger partial charge in [-0.05, 0) is 13.8 Å². The molecule has 2 rings (SSSR count). The van der Waals surface area contributed by atoms with E-state index in [2.05, 4.69) is 10.6 Å². The van der Waals surface area contributed by atoms with Gasteiger partial charge >= 0.3 is 0 Å². The molecule has 0 aromatic heterocycles. The van der Waals surface area contributed by atoms with Gasteiger partial charge in [-0.1, -0.05) is 0 Å². The number of amides is 2. The second-order valence-electron chi connectivity index (χ2n) is 5.80. The van der Waals surface area contributed by atoms with Gasteiger partial charge in [0.25, 0.3) is 0 Å². The Balaban J connectivity index is 2.07. The van der Waals surface area contributed by atoms with Gasteiger partial charge in [-0.2, -0.15) is 0 Å². The van der Waals surface area contributed by atoms with Gasteiger partial charge in [0.2, 0.25) is 11.8 Å². The van der Waals surface area contributed by atoms with Crippen LogP contribution in [0.5, 0.6) is 0 Å². The predicted molar refractivity (Wildman–Crippen MR) is 71.0 cm³/mol. The lowest BCUT2D eigenvalue weighted by Gasteiger charge is -2.28. The molecule has 0 bridgehead atoms. The van der Waals surface area contributed by atoms with Gasteiger partial charge in [-0.15, -0.1) is 0 Å². The van der Waals surface area contributed by atoms with E-state index in [0.717, 1.165) is 0 Å². The van der Waals surface area contributed by atoms with E-state index in [4.69, 9.17) is 14.2 Å². The molecule has 0 saturated carbocycles. The van der Waals surface area contributed by atoms with Crippen LogP contribution in [-0.2, 0) is 23.8 Å². The molecule has 5 atom stereocenters. The number of carbonyl (C=O) groups excluding carboxylic acids is 2. The van der Waals surface area contributed by atoms with Crippen molar-refractivity contribution in [2.45, 2.75) is 64.1 Å². The van der Waals surface area contributed by atoms with E-state index < -0.39 is 36.4 Å². The summed E-state index contributed by atoms with van der Waals surface area (Å²) in [4.78, 5) is 22.3. The minimum atomic E-state index is -0.980. The number of rotatable bonds is 4. The van der Waals surface area contributed by atoms with Crippen LogP contribution in [-0.4, -0.2) is 59.9 Å². The van der Waals surface area contributed by atoms with Gasteiger partial charge in [0.15, 0.2) is 12.1 Å². The van der Waals surface area contributed by atoms with Gasteiger partial charge in [0, 0.05) is 20.4 Å². The van der Waals surface area contributed by atoms with Gasteiger partial charge in [0.1, 0.15) is 12.2 Å². The molecule has 2 unspecified atom stereocenters. The lowest BCUT2D eigenvalue weighted by atomic mass is 10.0. The smallest absolute Gasteiger partial charge is 0.217 e. The molecular formula is C13H22N2O6. The van der Waals surface area contributed by atoms with E-state index in [9.17, 15) is 14.7 Å². The highest BCUT2D eigenvalue weighted by Gasteiger charge is 2.56. The van der Waals surface area contributed by atoms with Gasteiger partial charge in [-0.25, -0.2) is 0 Å². The molecule has 2 saturated heterocycles. The van der Waals surface area contributed by atoms with Crippen LogP contribution in [0.3, 0.4) is 0 Å². The molecule has 8 nitrogen and oxygen atoms in total. The molecule has 0 aliphatic carbocycles. The van der Waals surface area contributed by atoms with Crippen LogP contribution >= 0.6 is 0 Å². The molecule has 2 aliphatic heterocycles. The van der Waals surface area contributed by atoms with Crippen LogP contribution < -0.4 is 10.6 Å². The first kappa shape index (κ1) is 16.2. The third kappa shape index (κ3) is 3.70. The van der Waals surface area contributed by atoms with Crippen molar-refractivity contribution in [3.63, 3.8) is 0 Å². The molecule has 2 heterocycles. The Labute approximate surface area is 123 Å². The average molecular weight is 302 g/mol. The summed E-state index contributed by atoms with van der Waals surface area (Å²) in [5.74, 6) is -1.31. The van der Waals surface area contributed by atoms with E-state index in [0.29, 0.717) is 0 Å².